The van der Waals surface area contributed by atoms with Crippen LogP contribution in [0.5, 0.6) is 0 Å². The van der Waals surface area contributed by atoms with Crippen LogP contribution in [0.2, 0.25) is 0 Å². The van der Waals surface area contributed by atoms with Gasteiger partial charge in [0, 0.05) is 25.0 Å². The Kier molecular flexibility index (Phi) is 4.74. The molecule has 1 aliphatic rings. The fraction of sp³-hybridized carbons (Fsp3) is 0.235. The first-order valence-electron chi connectivity index (χ1n) is 8.20. The second-order valence-corrected chi connectivity index (χ2v) is 6.42. The fourth-order valence-corrected chi connectivity index (χ4v) is 2.68. The first kappa shape index (κ1) is 18.9. The Morgan fingerprint density at radius 3 is 2.71 bits per heavy atom. The van der Waals surface area contributed by atoms with Crippen LogP contribution in [0.4, 0.5) is 11.4 Å². The minimum Gasteiger partial charge on any atom is -0.369 e. The molecule has 11 heteroatoms. The summed E-state index contributed by atoms with van der Waals surface area (Å²) in [6.07, 6.45) is 2.57. The minimum absolute atomic E-state index is 0.0203. The van der Waals surface area contributed by atoms with Crippen molar-refractivity contribution in [3.05, 3.63) is 58.2 Å². The summed E-state index contributed by atoms with van der Waals surface area (Å²) < 4.78 is 0. The number of pyridine rings is 2. The first-order valence-corrected chi connectivity index (χ1v) is 8.20. The smallest absolute Gasteiger partial charge is 0.287 e. The molecule has 11 nitrogen and oxygen atoms in total. The van der Waals surface area contributed by atoms with E-state index in [-0.39, 0.29) is 29.7 Å². The number of nitro groups is 1. The van der Waals surface area contributed by atoms with E-state index in [1.807, 2.05) is 0 Å². The molecule has 2 aromatic rings. The molecular formula is C17H17N7O4. The van der Waals surface area contributed by atoms with Crippen molar-refractivity contribution in [2.75, 3.05) is 12.4 Å². The number of nitrogens with one attached hydrogen (secondary N) is 1. The summed E-state index contributed by atoms with van der Waals surface area (Å²) in [6.45, 7) is 1.73. The number of anilines is 1. The molecule has 0 aliphatic carbocycles. The molecule has 1 atom stereocenters. The fourth-order valence-electron chi connectivity index (χ4n) is 2.68. The van der Waals surface area contributed by atoms with Crippen LogP contribution >= 0.6 is 0 Å². The van der Waals surface area contributed by atoms with Gasteiger partial charge in [0.25, 0.3) is 11.6 Å². The van der Waals surface area contributed by atoms with Gasteiger partial charge in [0.05, 0.1) is 17.0 Å². The summed E-state index contributed by atoms with van der Waals surface area (Å²) in [4.78, 5) is 48.2. The predicted octanol–water partition coefficient (Wildman–Crippen LogP) is 1.03. The molecule has 2 aromatic heterocycles. The third-order valence-corrected chi connectivity index (χ3v) is 4.34. The summed E-state index contributed by atoms with van der Waals surface area (Å²) in [7, 11) is 1.54. The molecule has 0 fully saturated rings. The van der Waals surface area contributed by atoms with Gasteiger partial charge >= 0.3 is 0 Å². The van der Waals surface area contributed by atoms with Crippen LogP contribution in [0.15, 0.2) is 41.7 Å². The summed E-state index contributed by atoms with van der Waals surface area (Å²) in [5.41, 5.74) is 5.54. The molecule has 0 aromatic carbocycles. The van der Waals surface area contributed by atoms with Crippen molar-refractivity contribution in [3.63, 3.8) is 0 Å². The topological polar surface area (TPSA) is 157 Å². The average Bonchev–Trinajstić information content (AvgIpc) is 2.66. The van der Waals surface area contributed by atoms with Gasteiger partial charge < -0.3 is 11.1 Å². The zero-order chi connectivity index (χ0) is 20.5. The molecule has 3 rings (SSSR count). The van der Waals surface area contributed by atoms with E-state index in [0.29, 0.717) is 11.4 Å². The monoisotopic (exact) mass is 383 g/mol. The Morgan fingerprint density at radius 1 is 1.36 bits per heavy atom. The largest absolute Gasteiger partial charge is 0.369 e. The van der Waals surface area contributed by atoms with Crippen molar-refractivity contribution in [3.8, 4) is 0 Å². The maximum Gasteiger partial charge on any atom is 0.287 e. The highest BCUT2D eigenvalue weighted by molar-refractivity contribution is 6.03. The Hall–Kier alpha value is -3.89. The number of nitrogens with zero attached hydrogens (tertiary/aromatic N) is 5. The van der Waals surface area contributed by atoms with Crippen LogP contribution in [0.25, 0.3) is 0 Å². The normalized spacial score (nSPS) is 19.1. The van der Waals surface area contributed by atoms with Crippen molar-refractivity contribution in [2.24, 2.45) is 10.7 Å². The number of hydrogen-bond donors (Lipinski definition) is 2. The van der Waals surface area contributed by atoms with E-state index >= 15 is 0 Å². The predicted molar refractivity (Wildman–Crippen MR) is 99.4 cm³/mol. The molecule has 0 spiro atoms. The lowest BCUT2D eigenvalue weighted by molar-refractivity contribution is -0.385. The second-order valence-electron chi connectivity index (χ2n) is 6.42. The molecule has 1 aliphatic heterocycles. The van der Waals surface area contributed by atoms with Gasteiger partial charge in [-0.2, -0.15) is 0 Å². The number of nitrogens with two attached hydrogens (primary N) is 1. The molecule has 1 unspecified atom stereocenters. The summed E-state index contributed by atoms with van der Waals surface area (Å²) in [6, 6.07) is 5.62. The van der Waals surface area contributed by atoms with Gasteiger partial charge in [-0.25, -0.2) is 9.98 Å². The molecule has 144 valence electrons. The molecule has 0 radical (unpaired) electrons. The lowest BCUT2D eigenvalue weighted by Crippen LogP contribution is -2.47. The van der Waals surface area contributed by atoms with Crippen LogP contribution in [0, 0.1) is 10.1 Å². The average molecular weight is 383 g/mol. The van der Waals surface area contributed by atoms with E-state index in [2.05, 4.69) is 20.3 Å². The Morgan fingerprint density at radius 2 is 2.11 bits per heavy atom. The lowest BCUT2D eigenvalue weighted by atomic mass is 9.91. The van der Waals surface area contributed by atoms with Gasteiger partial charge in [-0.05, 0) is 25.1 Å². The molecular weight excluding hydrogens is 366 g/mol. The second kappa shape index (κ2) is 7.02. The van der Waals surface area contributed by atoms with Gasteiger partial charge in [0.2, 0.25) is 5.91 Å². The standard InChI is InChI=1S/C17H17N7O4/c1-17(8-14(25)23(2)16(18)22-17)13-7-10(5-6-19-13)21-15(26)12-4-3-11(9-20-12)24(27)28/h3-7,9H,8H2,1-2H3,(H2,18,22)(H,19,21,26). The zero-order valence-corrected chi connectivity index (χ0v) is 15.1. The maximum absolute atomic E-state index is 12.3. The lowest BCUT2D eigenvalue weighted by Gasteiger charge is -2.32. The number of rotatable bonds is 4. The number of carbonyl (C=O) groups excluding carboxylic acids is 2. The van der Waals surface area contributed by atoms with E-state index in [4.69, 9.17) is 5.73 Å². The number of aliphatic imine (C=N–C) groups is 1. The van der Waals surface area contributed by atoms with E-state index in [1.54, 1.807) is 26.1 Å². The van der Waals surface area contributed by atoms with Crippen LogP contribution in [-0.4, -0.2) is 44.6 Å². The minimum atomic E-state index is -0.958. The molecule has 0 bridgehead atoms. The van der Waals surface area contributed by atoms with Crippen LogP contribution in [0.3, 0.4) is 0 Å². The Balaban J connectivity index is 1.83. The quantitative estimate of drug-likeness (QED) is 0.589. The molecule has 3 N–H and O–H groups in total. The van der Waals surface area contributed by atoms with Crippen molar-refractivity contribution in [2.45, 2.75) is 18.9 Å². The van der Waals surface area contributed by atoms with Gasteiger partial charge in [0.1, 0.15) is 17.4 Å². The third-order valence-electron chi connectivity index (χ3n) is 4.34. The number of guanidine groups is 1. The van der Waals surface area contributed by atoms with Crippen molar-refractivity contribution >= 4 is 29.1 Å². The van der Waals surface area contributed by atoms with E-state index < -0.39 is 16.4 Å². The zero-order valence-electron chi connectivity index (χ0n) is 15.1. The van der Waals surface area contributed by atoms with Crippen LogP contribution < -0.4 is 11.1 Å². The van der Waals surface area contributed by atoms with Gasteiger partial charge in [0.15, 0.2) is 5.96 Å². The highest BCUT2D eigenvalue weighted by Crippen LogP contribution is 2.32. The first-order chi connectivity index (χ1) is 13.2. The number of aromatic nitrogens is 2. The van der Waals surface area contributed by atoms with Gasteiger partial charge in [-0.3, -0.25) is 29.6 Å². The molecule has 28 heavy (non-hydrogen) atoms. The highest BCUT2D eigenvalue weighted by Gasteiger charge is 2.37. The van der Waals surface area contributed by atoms with E-state index in [9.17, 15) is 19.7 Å². The van der Waals surface area contributed by atoms with Gasteiger partial charge in [-0.15, -0.1) is 0 Å². The van der Waals surface area contributed by atoms with Crippen LogP contribution in [0.1, 0.15) is 29.5 Å². The number of amides is 2. The highest BCUT2D eigenvalue weighted by atomic mass is 16.6. The molecule has 0 saturated carbocycles. The molecule has 3 heterocycles. The molecule has 0 saturated heterocycles. The van der Waals surface area contributed by atoms with E-state index in [0.717, 1.165) is 6.20 Å². The van der Waals surface area contributed by atoms with Crippen molar-refractivity contribution in [1.82, 2.24) is 14.9 Å². The SMILES string of the molecule is CN1C(=O)CC(C)(c2cc(NC(=O)c3ccc([N+](=O)[O-])cn3)ccn2)N=C1N. The van der Waals surface area contributed by atoms with Crippen molar-refractivity contribution in [1.29, 1.82) is 0 Å². The summed E-state index contributed by atoms with van der Waals surface area (Å²) >= 11 is 0. The van der Waals surface area contributed by atoms with Crippen LogP contribution in [-0.2, 0) is 10.3 Å². The maximum atomic E-state index is 12.3. The van der Waals surface area contributed by atoms with Crippen molar-refractivity contribution < 1.29 is 14.5 Å². The third kappa shape index (κ3) is 3.63. The summed E-state index contributed by atoms with van der Waals surface area (Å²) in [5.74, 6) is -0.647. The molecule has 2 amide bonds. The Labute approximate surface area is 159 Å². The van der Waals surface area contributed by atoms with Gasteiger partial charge in [-0.1, -0.05) is 0 Å². The number of hydrogen-bond acceptors (Lipinski definition) is 8. The van der Waals surface area contributed by atoms with E-state index in [1.165, 1.54) is 23.2 Å². The Bertz CT molecular complexity index is 989. The summed E-state index contributed by atoms with van der Waals surface area (Å²) in [5, 5.41) is 13.3. The number of carbonyl (C=O) groups is 2.